The van der Waals surface area contributed by atoms with Gasteiger partial charge in [-0.3, -0.25) is 4.79 Å². The van der Waals surface area contributed by atoms with E-state index in [-0.39, 0.29) is 0 Å². The van der Waals surface area contributed by atoms with E-state index in [1.165, 1.54) is 13.1 Å². The number of likely N-dealkylation sites (tertiary alicyclic amines) is 1. The molecular formula is C12H23NO2. The number of carboxylic acid groups (broad SMARTS) is 1. The molecular weight excluding hydrogens is 190 g/mol. The number of hydrogen-bond donors (Lipinski definition) is 1. The van der Waals surface area contributed by atoms with E-state index in [2.05, 4.69) is 18.7 Å². The van der Waals surface area contributed by atoms with Crippen molar-refractivity contribution in [1.29, 1.82) is 0 Å². The molecule has 1 aliphatic heterocycles. The molecule has 1 saturated heterocycles. The maximum Gasteiger partial charge on any atom is 0.303 e. The molecule has 1 heterocycles. The minimum atomic E-state index is -0.668. The first kappa shape index (κ1) is 12.5. The molecule has 3 heteroatoms. The number of carbonyl (C=O) groups is 1. The largest absolute Gasteiger partial charge is 0.481 e. The molecule has 1 N–H and O–H groups in total. The van der Waals surface area contributed by atoms with Crippen molar-refractivity contribution in [2.75, 3.05) is 19.6 Å². The molecule has 1 fully saturated rings. The van der Waals surface area contributed by atoms with E-state index in [0.29, 0.717) is 6.42 Å². The summed E-state index contributed by atoms with van der Waals surface area (Å²) in [6, 6.07) is 0. The van der Waals surface area contributed by atoms with E-state index in [4.69, 9.17) is 5.11 Å². The summed E-state index contributed by atoms with van der Waals surface area (Å²) in [4.78, 5) is 12.8. The fourth-order valence-electron chi connectivity index (χ4n) is 2.22. The van der Waals surface area contributed by atoms with E-state index in [1.54, 1.807) is 0 Å². The molecule has 2 unspecified atom stereocenters. The number of nitrogens with zero attached hydrogens (tertiary/aromatic N) is 1. The molecule has 15 heavy (non-hydrogen) atoms. The number of aliphatic carboxylic acids is 1. The molecule has 3 nitrogen and oxygen atoms in total. The van der Waals surface area contributed by atoms with Crippen molar-refractivity contribution in [1.82, 2.24) is 4.90 Å². The van der Waals surface area contributed by atoms with Crippen LogP contribution >= 0.6 is 0 Å². The highest BCUT2D eigenvalue weighted by Crippen LogP contribution is 2.22. The Morgan fingerprint density at radius 2 is 1.80 bits per heavy atom. The average molecular weight is 213 g/mol. The third-order valence-corrected chi connectivity index (χ3v) is 3.43. The van der Waals surface area contributed by atoms with E-state index >= 15 is 0 Å². The van der Waals surface area contributed by atoms with Crippen molar-refractivity contribution in [2.24, 2.45) is 11.8 Å². The van der Waals surface area contributed by atoms with Crippen LogP contribution in [0.25, 0.3) is 0 Å². The van der Waals surface area contributed by atoms with Crippen LogP contribution in [0.5, 0.6) is 0 Å². The molecule has 0 aromatic carbocycles. The molecule has 0 bridgehead atoms. The van der Waals surface area contributed by atoms with Crippen LogP contribution in [0, 0.1) is 11.8 Å². The highest BCUT2D eigenvalue weighted by atomic mass is 16.4. The number of carboxylic acids is 1. The molecule has 0 aliphatic carbocycles. The lowest BCUT2D eigenvalue weighted by Gasteiger charge is -2.14. The lowest BCUT2D eigenvalue weighted by atomic mass is 10.0. The zero-order chi connectivity index (χ0) is 11.3. The van der Waals surface area contributed by atoms with Crippen molar-refractivity contribution in [3.05, 3.63) is 0 Å². The molecule has 0 spiro atoms. The highest BCUT2D eigenvalue weighted by molar-refractivity contribution is 5.66. The van der Waals surface area contributed by atoms with Gasteiger partial charge in [0, 0.05) is 19.5 Å². The Morgan fingerprint density at radius 3 is 2.33 bits per heavy atom. The first-order valence-corrected chi connectivity index (χ1v) is 6.03. The molecule has 1 rings (SSSR count). The normalized spacial score (nSPS) is 27.1. The zero-order valence-corrected chi connectivity index (χ0v) is 9.91. The first-order chi connectivity index (χ1) is 7.09. The molecule has 0 saturated carbocycles. The van der Waals surface area contributed by atoms with Crippen LogP contribution in [0.3, 0.4) is 0 Å². The van der Waals surface area contributed by atoms with Gasteiger partial charge in [0.05, 0.1) is 0 Å². The summed E-state index contributed by atoms with van der Waals surface area (Å²) in [7, 11) is 0. The van der Waals surface area contributed by atoms with Gasteiger partial charge in [0.2, 0.25) is 0 Å². The smallest absolute Gasteiger partial charge is 0.303 e. The van der Waals surface area contributed by atoms with E-state index < -0.39 is 5.97 Å². The zero-order valence-electron chi connectivity index (χ0n) is 9.91. The first-order valence-electron chi connectivity index (χ1n) is 6.03. The minimum absolute atomic E-state index is 0.326. The maximum atomic E-state index is 10.3. The minimum Gasteiger partial charge on any atom is -0.481 e. The second-order valence-electron chi connectivity index (χ2n) is 4.92. The van der Waals surface area contributed by atoms with Gasteiger partial charge in [0.1, 0.15) is 0 Å². The molecule has 2 atom stereocenters. The third kappa shape index (κ3) is 4.65. The average Bonchev–Trinajstić information content (AvgIpc) is 2.45. The summed E-state index contributed by atoms with van der Waals surface area (Å²) in [6.45, 7) is 8.22. The lowest BCUT2D eigenvalue weighted by molar-refractivity contribution is -0.137. The lowest BCUT2D eigenvalue weighted by Crippen LogP contribution is -2.21. The van der Waals surface area contributed by atoms with Gasteiger partial charge in [-0.2, -0.15) is 0 Å². The van der Waals surface area contributed by atoms with Crippen molar-refractivity contribution in [3.63, 3.8) is 0 Å². The van der Waals surface area contributed by atoms with Gasteiger partial charge in [-0.05, 0) is 31.2 Å². The quantitative estimate of drug-likeness (QED) is 0.688. The summed E-state index contributed by atoms with van der Waals surface area (Å²) in [5.41, 5.74) is 0. The van der Waals surface area contributed by atoms with Gasteiger partial charge in [-0.1, -0.05) is 20.3 Å². The third-order valence-electron chi connectivity index (χ3n) is 3.43. The fraction of sp³-hybridized carbons (Fsp3) is 0.917. The van der Waals surface area contributed by atoms with Crippen LogP contribution in [0.15, 0.2) is 0 Å². The summed E-state index contributed by atoms with van der Waals surface area (Å²) >= 11 is 0. The van der Waals surface area contributed by atoms with Crippen molar-refractivity contribution in [2.45, 2.75) is 39.5 Å². The van der Waals surface area contributed by atoms with Gasteiger partial charge in [0.25, 0.3) is 0 Å². The SMILES string of the molecule is CC1CN(CCCCCC(=O)O)CC1C. The van der Waals surface area contributed by atoms with Gasteiger partial charge in [0.15, 0.2) is 0 Å². The standard InChI is InChI=1S/C12H23NO2/c1-10-8-13(9-11(10)2)7-5-3-4-6-12(14)15/h10-11H,3-9H2,1-2H3,(H,14,15). The van der Waals surface area contributed by atoms with Crippen LogP contribution in [0.2, 0.25) is 0 Å². The Balaban J connectivity index is 1.99. The Hall–Kier alpha value is -0.570. The Labute approximate surface area is 92.5 Å². The van der Waals surface area contributed by atoms with Crippen LogP contribution in [-0.4, -0.2) is 35.6 Å². The van der Waals surface area contributed by atoms with Crippen LogP contribution in [-0.2, 0) is 4.79 Å². The molecule has 0 amide bonds. The summed E-state index contributed by atoms with van der Waals surface area (Å²) in [5, 5.41) is 8.48. The molecule has 88 valence electrons. The summed E-state index contributed by atoms with van der Waals surface area (Å²) < 4.78 is 0. The highest BCUT2D eigenvalue weighted by Gasteiger charge is 2.24. The molecule has 0 radical (unpaired) electrons. The Kier molecular flexibility index (Phi) is 5.09. The van der Waals surface area contributed by atoms with Crippen LogP contribution in [0.4, 0.5) is 0 Å². The molecule has 1 aliphatic rings. The van der Waals surface area contributed by atoms with Crippen molar-refractivity contribution >= 4 is 5.97 Å². The number of hydrogen-bond acceptors (Lipinski definition) is 2. The van der Waals surface area contributed by atoms with E-state index in [9.17, 15) is 4.79 Å². The van der Waals surface area contributed by atoms with Gasteiger partial charge in [-0.15, -0.1) is 0 Å². The van der Waals surface area contributed by atoms with Crippen LogP contribution < -0.4 is 0 Å². The predicted octanol–water partition coefficient (Wildman–Crippen LogP) is 2.22. The second-order valence-corrected chi connectivity index (χ2v) is 4.92. The van der Waals surface area contributed by atoms with Gasteiger partial charge < -0.3 is 10.0 Å². The Bertz CT molecular complexity index is 196. The van der Waals surface area contributed by atoms with Crippen molar-refractivity contribution in [3.8, 4) is 0 Å². The molecule has 0 aromatic heterocycles. The predicted molar refractivity (Wildman–Crippen MR) is 60.9 cm³/mol. The van der Waals surface area contributed by atoms with Crippen LogP contribution in [0.1, 0.15) is 39.5 Å². The van der Waals surface area contributed by atoms with Gasteiger partial charge in [-0.25, -0.2) is 0 Å². The van der Waals surface area contributed by atoms with Gasteiger partial charge >= 0.3 is 5.97 Å². The summed E-state index contributed by atoms with van der Waals surface area (Å²) in [6.07, 6.45) is 3.35. The molecule has 0 aromatic rings. The van der Waals surface area contributed by atoms with E-state index in [1.807, 2.05) is 0 Å². The summed E-state index contributed by atoms with van der Waals surface area (Å²) in [5.74, 6) is 0.978. The monoisotopic (exact) mass is 213 g/mol. The maximum absolute atomic E-state index is 10.3. The number of rotatable bonds is 6. The van der Waals surface area contributed by atoms with Crippen molar-refractivity contribution < 1.29 is 9.90 Å². The fourth-order valence-corrected chi connectivity index (χ4v) is 2.22. The topological polar surface area (TPSA) is 40.5 Å². The number of unbranched alkanes of at least 4 members (excludes halogenated alkanes) is 2. The van der Waals surface area contributed by atoms with E-state index in [0.717, 1.165) is 37.6 Å². The second kappa shape index (κ2) is 6.11. The Morgan fingerprint density at radius 1 is 1.20 bits per heavy atom.